The smallest absolute Gasteiger partial charge is 0.352 e. The second-order valence-electron chi connectivity index (χ2n) is 5.83. The van der Waals surface area contributed by atoms with Gasteiger partial charge in [-0.25, -0.2) is 9.36 Å². The van der Waals surface area contributed by atoms with Crippen molar-refractivity contribution < 1.29 is 19.3 Å². The number of nitrogen functional groups attached to an aromatic ring is 2. The normalized spacial score (nSPS) is 22.7. The van der Waals surface area contributed by atoms with E-state index in [1.807, 2.05) is 0 Å². The molecule has 1 fully saturated rings. The van der Waals surface area contributed by atoms with Gasteiger partial charge in [0.1, 0.15) is 17.1 Å². The molecule has 2 atom stereocenters. The molecule has 0 aromatic carbocycles. The quantitative estimate of drug-likeness (QED) is 0.223. The van der Waals surface area contributed by atoms with Crippen LogP contribution in [0, 0.1) is 6.92 Å². The van der Waals surface area contributed by atoms with Gasteiger partial charge in [-0.05, 0) is 24.3 Å². The molecule has 0 spiro atoms. The van der Waals surface area contributed by atoms with E-state index in [2.05, 4.69) is 4.98 Å². The van der Waals surface area contributed by atoms with Crippen LogP contribution >= 0.6 is 23.5 Å². The third kappa shape index (κ3) is 2.81. The highest BCUT2D eigenvalue weighted by atomic mass is 32.2. The van der Waals surface area contributed by atoms with E-state index < -0.39 is 12.0 Å². The molecule has 11 heteroatoms. The van der Waals surface area contributed by atoms with E-state index >= 15 is 0 Å². The molecule has 7 N–H and O–H groups in total. The number of thioether (sulfide) groups is 2. The Hall–Kier alpha value is -1.98. The van der Waals surface area contributed by atoms with Gasteiger partial charge in [0.25, 0.3) is 0 Å². The lowest BCUT2D eigenvalue weighted by atomic mass is 10.0. The number of β-lactam (4-membered cyclic amide) rings is 1. The molecule has 9 nitrogen and oxygen atoms in total. The third-order valence-corrected chi connectivity index (χ3v) is 6.78. The van der Waals surface area contributed by atoms with E-state index in [1.54, 1.807) is 18.5 Å². The highest BCUT2D eigenvalue weighted by Crippen LogP contribution is 2.40. The van der Waals surface area contributed by atoms with Crippen LogP contribution in [0.4, 0.5) is 11.6 Å². The third-order valence-electron chi connectivity index (χ3n) is 4.30. The van der Waals surface area contributed by atoms with Gasteiger partial charge in [-0.15, -0.1) is 11.8 Å². The number of anilines is 2. The van der Waals surface area contributed by atoms with Gasteiger partial charge < -0.3 is 22.3 Å². The second-order valence-corrected chi connectivity index (χ2v) is 7.88. The van der Waals surface area contributed by atoms with Crippen LogP contribution in [-0.4, -0.2) is 49.8 Å². The molecule has 1 amide bonds. The van der Waals surface area contributed by atoms with Crippen LogP contribution in [0.25, 0.3) is 0 Å². The second kappa shape index (κ2) is 6.39. The number of carboxylic acid groups (broad SMARTS) is 1. The average molecular weight is 383 g/mol. The molecule has 25 heavy (non-hydrogen) atoms. The number of carboxylic acids is 1. The standard InChI is InChI=1S/C14H18N6O3S2/c1-5-9(16)18-14(19(2)10(5)17)25-4-6-3-24-12-7(15)11(21)20(12)8(6)13(22)23/h7,12H,3-4,15H2,1-2H3,(H4,16,17,22,23)/p+1. The topological polar surface area (TPSA) is 152 Å². The maximum absolute atomic E-state index is 11.9. The predicted molar refractivity (Wildman–Crippen MR) is 95.4 cm³/mol. The van der Waals surface area contributed by atoms with Crippen LogP contribution in [0.3, 0.4) is 0 Å². The fourth-order valence-corrected chi connectivity index (χ4v) is 5.14. The zero-order valence-electron chi connectivity index (χ0n) is 13.7. The largest absolute Gasteiger partial charge is 0.477 e. The Balaban J connectivity index is 1.87. The number of aromatic nitrogens is 2. The maximum atomic E-state index is 11.9. The van der Waals surface area contributed by atoms with Gasteiger partial charge in [0.15, 0.2) is 0 Å². The van der Waals surface area contributed by atoms with E-state index in [0.717, 1.165) is 0 Å². The van der Waals surface area contributed by atoms with Gasteiger partial charge in [0.2, 0.25) is 17.5 Å². The molecule has 0 saturated carbocycles. The molecule has 3 rings (SSSR count). The van der Waals surface area contributed by atoms with Gasteiger partial charge in [-0.3, -0.25) is 9.69 Å². The summed E-state index contributed by atoms with van der Waals surface area (Å²) in [6.07, 6.45) is 0. The Morgan fingerprint density at radius 3 is 2.84 bits per heavy atom. The molecule has 1 aromatic heterocycles. The van der Waals surface area contributed by atoms with Crippen molar-refractivity contribution in [2.24, 2.45) is 12.8 Å². The van der Waals surface area contributed by atoms with Gasteiger partial charge in [0, 0.05) is 11.5 Å². The zero-order chi connectivity index (χ0) is 18.5. The summed E-state index contributed by atoms with van der Waals surface area (Å²) < 4.78 is 1.71. The first-order valence-corrected chi connectivity index (χ1v) is 9.47. The Labute approximate surface area is 152 Å². The van der Waals surface area contributed by atoms with Crippen molar-refractivity contribution in [1.29, 1.82) is 0 Å². The van der Waals surface area contributed by atoms with E-state index in [-0.39, 0.29) is 17.0 Å². The number of nitrogens with two attached hydrogens (primary N) is 3. The van der Waals surface area contributed by atoms with Crippen molar-refractivity contribution >= 4 is 47.0 Å². The summed E-state index contributed by atoms with van der Waals surface area (Å²) in [6, 6.07) is -0.635. The van der Waals surface area contributed by atoms with Crippen LogP contribution in [0.5, 0.6) is 0 Å². The van der Waals surface area contributed by atoms with Crippen molar-refractivity contribution in [2.75, 3.05) is 23.0 Å². The molecule has 2 aliphatic heterocycles. The molecule has 3 heterocycles. The minimum Gasteiger partial charge on any atom is -0.477 e. The summed E-state index contributed by atoms with van der Waals surface area (Å²) in [7, 11) is 1.77. The van der Waals surface area contributed by atoms with Crippen molar-refractivity contribution in [3.05, 3.63) is 16.8 Å². The number of amides is 1. The minimum atomic E-state index is -1.12. The Morgan fingerprint density at radius 1 is 1.52 bits per heavy atom. The number of carbonyl (C=O) groups excluding carboxylic acids is 1. The summed E-state index contributed by atoms with van der Waals surface area (Å²) in [4.78, 5) is 29.2. The van der Waals surface area contributed by atoms with Crippen molar-refractivity contribution in [1.82, 2.24) is 9.88 Å². The summed E-state index contributed by atoms with van der Waals surface area (Å²) in [5.74, 6) is 0.225. The first kappa shape index (κ1) is 17.8. The molecule has 0 radical (unpaired) electrons. The molecule has 1 aromatic rings. The van der Waals surface area contributed by atoms with Crippen LogP contribution < -0.4 is 21.8 Å². The van der Waals surface area contributed by atoms with Crippen LogP contribution in [0.1, 0.15) is 5.56 Å². The molecular weight excluding hydrogens is 364 g/mol. The monoisotopic (exact) mass is 383 g/mol. The Bertz CT molecular complexity index is 812. The lowest BCUT2D eigenvalue weighted by molar-refractivity contribution is -0.699. The predicted octanol–water partition coefficient (Wildman–Crippen LogP) is -0.948. The molecule has 0 bridgehead atoms. The fourth-order valence-electron chi connectivity index (χ4n) is 2.72. The van der Waals surface area contributed by atoms with Gasteiger partial charge in [-0.1, -0.05) is 4.98 Å². The Morgan fingerprint density at radius 2 is 2.20 bits per heavy atom. The summed E-state index contributed by atoms with van der Waals surface area (Å²) in [5.41, 5.74) is 19.0. The first-order valence-electron chi connectivity index (χ1n) is 7.44. The van der Waals surface area contributed by atoms with Gasteiger partial charge in [0.05, 0.1) is 12.6 Å². The van der Waals surface area contributed by atoms with Crippen LogP contribution in [0.2, 0.25) is 0 Å². The summed E-state index contributed by atoms with van der Waals surface area (Å²) in [5, 5.41) is 9.82. The SMILES string of the molecule is Cc1c(N)nc(SCC2=C(C(=O)O)N3C(=O)C(N)C3SC2)[n+](C)c1N. The molecule has 1 saturated heterocycles. The van der Waals surface area contributed by atoms with E-state index in [0.29, 0.717) is 39.4 Å². The number of carbonyl (C=O) groups is 2. The molecule has 2 unspecified atom stereocenters. The van der Waals surface area contributed by atoms with E-state index in [1.165, 1.54) is 28.4 Å². The molecular formula is C14H19N6O3S2+. The zero-order valence-corrected chi connectivity index (χ0v) is 15.4. The average Bonchev–Trinajstić information content (AvgIpc) is 2.60. The fraction of sp³-hybridized carbons (Fsp3) is 0.429. The maximum Gasteiger partial charge on any atom is 0.352 e. The molecule has 2 aliphatic rings. The van der Waals surface area contributed by atoms with Crippen molar-refractivity contribution in [3.63, 3.8) is 0 Å². The summed E-state index contributed by atoms with van der Waals surface area (Å²) in [6.45, 7) is 1.79. The summed E-state index contributed by atoms with van der Waals surface area (Å²) >= 11 is 2.80. The number of fused-ring (bicyclic) bond motifs is 1. The number of hydrogen-bond donors (Lipinski definition) is 4. The number of aliphatic carboxylic acids is 1. The lowest BCUT2D eigenvalue weighted by Crippen LogP contribution is -2.68. The number of hydrogen-bond acceptors (Lipinski definition) is 8. The van der Waals surface area contributed by atoms with Gasteiger partial charge >= 0.3 is 11.1 Å². The minimum absolute atomic E-state index is 0.0265. The number of nitrogens with zero attached hydrogens (tertiary/aromatic N) is 3. The Kier molecular flexibility index (Phi) is 4.56. The van der Waals surface area contributed by atoms with E-state index in [9.17, 15) is 14.7 Å². The van der Waals surface area contributed by atoms with E-state index in [4.69, 9.17) is 17.2 Å². The highest BCUT2D eigenvalue weighted by Gasteiger charge is 2.51. The lowest BCUT2D eigenvalue weighted by Gasteiger charge is -2.48. The van der Waals surface area contributed by atoms with Crippen molar-refractivity contribution in [3.8, 4) is 0 Å². The molecule has 0 aliphatic carbocycles. The van der Waals surface area contributed by atoms with Crippen LogP contribution in [0.15, 0.2) is 16.4 Å². The number of rotatable bonds is 4. The van der Waals surface area contributed by atoms with Crippen LogP contribution in [-0.2, 0) is 16.6 Å². The first-order chi connectivity index (χ1) is 11.7. The van der Waals surface area contributed by atoms with Crippen molar-refractivity contribution in [2.45, 2.75) is 23.5 Å². The highest BCUT2D eigenvalue weighted by molar-refractivity contribution is 8.01. The molecule has 134 valence electrons. The van der Waals surface area contributed by atoms with Gasteiger partial charge in [-0.2, -0.15) is 0 Å².